The Balaban J connectivity index is 2.32. The van der Waals surface area contributed by atoms with Crippen LogP contribution in [-0.4, -0.2) is 35.6 Å². The number of hydrogen-bond acceptors (Lipinski definition) is 3. The van der Waals surface area contributed by atoms with Gasteiger partial charge < -0.3 is 10.0 Å². The molecule has 0 unspecified atom stereocenters. The Morgan fingerprint density at radius 3 is 2.86 bits per heavy atom. The van der Waals surface area contributed by atoms with Crippen LogP contribution in [0.15, 0.2) is 24.5 Å². The van der Waals surface area contributed by atoms with Crippen molar-refractivity contribution in [3.05, 3.63) is 30.1 Å². The summed E-state index contributed by atoms with van der Waals surface area (Å²) in [5.74, 6) is 0. The molecule has 0 saturated heterocycles. The molecule has 0 fully saturated rings. The molecule has 1 aromatic rings. The highest BCUT2D eigenvalue weighted by atomic mass is 16.3. The minimum atomic E-state index is -0.372. The van der Waals surface area contributed by atoms with Gasteiger partial charge in [0.05, 0.1) is 6.10 Å². The summed E-state index contributed by atoms with van der Waals surface area (Å²) < 4.78 is 0. The van der Waals surface area contributed by atoms with Gasteiger partial charge in [-0.05, 0) is 45.1 Å². The normalized spacial score (nSPS) is 13.1. The van der Waals surface area contributed by atoms with Crippen LogP contribution in [0.2, 0.25) is 0 Å². The third kappa shape index (κ3) is 3.85. The second-order valence-corrected chi connectivity index (χ2v) is 3.75. The third-order valence-corrected chi connectivity index (χ3v) is 2.15. The lowest BCUT2D eigenvalue weighted by Crippen LogP contribution is -2.13. The van der Waals surface area contributed by atoms with E-state index in [9.17, 15) is 5.11 Å². The van der Waals surface area contributed by atoms with Gasteiger partial charge in [-0.3, -0.25) is 4.98 Å². The molecule has 1 N–H and O–H groups in total. The van der Waals surface area contributed by atoms with Crippen LogP contribution in [0.1, 0.15) is 24.5 Å². The van der Waals surface area contributed by atoms with Gasteiger partial charge in [0.2, 0.25) is 0 Å². The molecule has 0 aliphatic rings. The van der Waals surface area contributed by atoms with E-state index in [1.165, 1.54) is 0 Å². The Labute approximate surface area is 85.4 Å². The van der Waals surface area contributed by atoms with E-state index >= 15 is 0 Å². The Kier molecular flexibility index (Phi) is 4.56. The first-order valence-electron chi connectivity index (χ1n) is 4.93. The first-order valence-corrected chi connectivity index (χ1v) is 4.93. The molecule has 0 amide bonds. The van der Waals surface area contributed by atoms with Gasteiger partial charge in [0.1, 0.15) is 0 Å². The fourth-order valence-corrected chi connectivity index (χ4v) is 1.34. The van der Waals surface area contributed by atoms with E-state index in [1.54, 1.807) is 12.4 Å². The molecule has 0 bridgehead atoms. The van der Waals surface area contributed by atoms with Crippen LogP contribution in [0.4, 0.5) is 0 Å². The minimum absolute atomic E-state index is 0.372. The maximum Gasteiger partial charge on any atom is 0.0805 e. The lowest BCUT2D eigenvalue weighted by atomic mass is 10.1. The van der Waals surface area contributed by atoms with E-state index in [4.69, 9.17) is 0 Å². The Hall–Kier alpha value is -0.930. The smallest absolute Gasteiger partial charge is 0.0805 e. The van der Waals surface area contributed by atoms with Crippen LogP contribution in [0.3, 0.4) is 0 Å². The highest BCUT2D eigenvalue weighted by Crippen LogP contribution is 2.16. The number of aliphatic hydroxyl groups is 1. The molecule has 1 atom stereocenters. The van der Waals surface area contributed by atoms with Gasteiger partial charge in [-0.1, -0.05) is 6.07 Å². The molecule has 0 radical (unpaired) electrons. The topological polar surface area (TPSA) is 36.4 Å². The molecule has 14 heavy (non-hydrogen) atoms. The second kappa shape index (κ2) is 5.73. The second-order valence-electron chi connectivity index (χ2n) is 3.75. The van der Waals surface area contributed by atoms with Crippen LogP contribution in [0.25, 0.3) is 0 Å². The molecule has 0 aliphatic carbocycles. The molecule has 3 heteroatoms. The zero-order valence-corrected chi connectivity index (χ0v) is 8.85. The molecule has 0 spiro atoms. The third-order valence-electron chi connectivity index (χ3n) is 2.15. The van der Waals surface area contributed by atoms with Crippen LogP contribution >= 0.6 is 0 Å². The lowest BCUT2D eigenvalue weighted by molar-refractivity contribution is 0.160. The summed E-state index contributed by atoms with van der Waals surface area (Å²) in [5, 5.41) is 9.77. The fourth-order valence-electron chi connectivity index (χ4n) is 1.34. The predicted octanol–water partition coefficient (Wildman–Crippen LogP) is 1.46. The average Bonchev–Trinajstić information content (AvgIpc) is 2.18. The first-order chi connectivity index (χ1) is 6.70. The number of aromatic nitrogens is 1. The summed E-state index contributed by atoms with van der Waals surface area (Å²) >= 11 is 0. The number of nitrogens with zero attached hydrogens (tertiary/aromatic N) is 2. The molecule has 0 saturated carbocycles. The molecule has 1 aromatic heterocycles. The standard InChI is InChI=1S/C11H18N2O/c1-13(2)8-4-6-11(14)10-5-3-7-12-9-10/h3,5,7,9,11,14H,4,6,8H2,1-2H3/t11-/m0/s1. The summed E-state index contributed by atoms with van der Waals surface area (Å²) in [6.45, 7) is 1.01. The van der Waals surface area contributed by atoms with Gasteiger partial charge >= 0.3 is 0 Å². The lowest BCUT2D eigenvalue weighted by Gasteiger charge is -2.12. The maximum absolute atomic E-state index is 9.77. The summed E-state index contributed by atoms with van der Waals surface area (Å²) in [5.41, 5.74) is 0.909. The van der Waals surface area contributed by atoms with Gasteiger partial charge in [-0.25, -0.2) is 0 Å². The quantitative estimate of drug-likeness (QED) is 0.771. The molecule has 0 aliphatic heterocycles. The summed E-state index contributed by atoms with van der Waals surface area (Å²) in [6.07, 6.45) is 4.87. The summed E-state index contributed by atoms with van der Waals surface area (Å²) in [6, 6.07) is 3.76. The van der Waals surface area contributed by atoms with Crippen molar-refractivity contribution in [2.24, 2.45) is 0 Å². The number of hydrogen-bond donors (Lipinski definition) is 1. The van der Waals surface area contributed by atoms with Crippen molar-refractivity contribution in [2.75, 3.05) is 20.6 Å². The van der Waals surface area contributed by atoms with Crippen molar-refractivity contribution in [2.45, 2.75) is 18.9 Å². The Bertz CT molecular complexity index is 249. The van der Waals surface area contributed by atoms with Crippen molar-refractivity contribution in [1.82, 2.24) is 9.88 Å². The molecule has 0 aromatic carbocycles. The van der Waals surface area contributed by atoms with Gasteiger partial charge in [-0.2, -0.15) is 0 Å². The van der Waals surface area contributed by atoms with Crippen LogP contribution in [0.5, 0.6) is 0 Å². The highest BCUT2D eigenvalue weighted by Gasteiger charge is 2.06. The summed E-state index contributed by atoms with van der Waals surface area (Å²) in [4.78, 5) is 6.10. The van der Waals surface area contributed by atoms with Gasteiger partial charge in [-0.15, -0.1) is 0 Å². The summed E-state index contributed by atoms with van der Waals surface area (Å²) in [7, 11) is 4.08. The predicted molar refractivity (Wildman–Crippen MR) is 57.0 cm³/mol. The average molecular weight is 194 g/mol. The minimum Gasteiger partial charge on any atom is -0.388 e. The van der Waals surface area contributed by atoms with Crippen molar-refractivity contribution >= 4 is 0 Å². The van der Waals surface area contributed by atoms with E-state index in [1.807, 2.05) is 26.2 Å². The van der Waals surface area contributed by atoms with Crippen LogP contribution in [-0.2, 0) is 0 Å². The SMILES string of the molecule is CN(C)CCC[C@H](O)c1cccnc1. The molecular weight excluding hydrogens is 176 g/mol. The van der Waals surface area contributed by atoms with Crippen molar-refractivity contribution in [1.29, 1.82) is 0 Å². The zero-order chi connectivity index (χ0) is 10.4. The number of aliphatic hydroxyl groups excluding tert-OH is 1. The van der Waals surface area contributed by atoms with Gasteiger partial charge in [0.15, 0.2) is 0 Å². The molecule has 1 heterocycles. The highest BCUT2D eigenvalue weighted by molar-refractivity contribution is 5.11. The van der Waals surface area contributed by atoms with E-state index in [-0.39, 0.29) is 6.10 Å². The first kappa shape index (κ1) is 11.1. The van der Waals surface area contributed by atoms with Gasteiger partial charge in [0.25, 0.3) is 0 Å². The Morgan fingerprint density at radius 1 is 1.50 bits per heavy atom. The molecular formula is C11H18N2O. The van der Waals surface area contributed by atoms with E-state index in [0.717, 1.165) is 24.9 Å². The van der Waals surface area contributed by atoms with Crippen molar-refractivity contribution in [3.8, 4) is 0 Å². The molecule has 1 rings (SSSR count). The maximum atomic E-state index is 9.77. The van der Waals surface area contributed by atoms with E-state index < -0.39 is 0 Å². The zero-order valence-electron chi connectivity index (χ0n) is 8.85. The monoisotopic (exact) mass is 194 g/mol. The Morgan fingerprint density at radius 2 is 2.29 bits per heavy atom. The van der Waals surface area contributed by atoms with E-state index in [2.05, 4.69) is 9.88 Å². The molecule has 78 valence electrons. The van der Waals surface area contributed by atoms with Crippen molar-refractivity contribution < 1.29 is 5.11 Å². The number of rotatable bonds is 5. The number of pyridine rings is 1. The van der Waals surface area contributed by atoms with Crippen molar-refractivity contribution in [3.63, 3.8) is 0 Å². The van der Waals surface area contributed by atoms with Crippen LogP contribution in [0, 0.1) is 0 Å². The van der Waals surface area contributed by atoms with E-state index in [0.29, 0.717) is 0 Å². The fraction of sp³-hybridized carbons (Fsp3) is 0.545. The molecule has 3 nitrogen and oxygen atoms in total. The largest absolute Gasteiger partial charge is 0.388 e. The van der Waals surface area contributed by atoms with Crippen LogP contribution < -0.4 is 0 Å². The van der Waals surface area contributed by atoms with Gasteiger partial charge in [0, 0.05) is 12.4 Å².